The molecule has 0 aliphatic rings. The molecule has 8 heteroatoms. The molecule has 3 aromatic heterocycles. The van der Waals surface area contributed by atoms with E-state index < -0.39 is 5.41 Å². The van der Waals surface area contributed by atoms with Crippen LogP contribution in [0.1, 0.15) is 19.5 Å². The maximum Gasteiger partial charge on any atom is 0.231 e. The third kappa shape index (κ3) is 4.40. The van der Waals surface area contributed by atoms with Gasteiger partial charge in [-0.25, -0.2) is 4.98 Å². The summed E-state index contributed by atoms with van der Waals surface area (Å²) in [6.45, 7) is 4.45. The highest BCUT2D eigenvalue weighted by molar-refractivity contribution is 5.87. The standard InChI is InChI=1S/C24H24N6O2/c1-24(2,23(31)28-11-9-25)22-12-17(8-10-27-22)19-14-26-15-20(29-19)21-13-18(30-32-21)16-6-4-3-5-7-16/h3-8,10,12-15H,9,11,25H2,1-2H3,(H,28,31). The number of benzene rings is 1. The van der Waals surface area contributed by atoms with Crippen molar-refractivity contribution < 1.29 is 9.32 Å². The summed E-state index contributed by atoms with van der Waals surface area (Å²) in [7, 11) is 0. The van der Waals surface area contributed by atoms with Gasteiger partial charge in [0.1, 0.15) is 11.4 Å². The molecule has 0 spiro atoms. The van der Waals surface area contributed by atoms with Crippen molar-refractivity contribution in [2.24, 2.45) is 5.73 Å². The third-order valence-electron chi connectivity index (χ3n) is 5.16. The number of carbonyl (C=O) groups excluding carboxylic acids is 1. The Balaban J connectivity index is 1.63. The molecular formula is C24H24N6O2. The lowest BCUT2D eigenvalue weighted by Gasteiger charge is -2.23. The predicted octanol–water partition coefficient (Wildman–Crippen LogP) is 3.21. The zero-order valence-corrected chi connectivity index (χ0v) is 17.9. The first-order chi connectivity index (χ1) is 15.5. The van der Waals surface area contributed by atoms with E-state index in [2.05, 4.69) is 20.4 Å². The molecule has 3 heterocycles. The first-order valence-electron chi connectivity index (χ1n) is 10.3. The van der Waals surface area contributed by atoms with Gasteiger partial charge in [-0.15, -0.1) is 0 Å². The lowest BCUT2D eigenvalue weighted by molar-refractivity contribution is -0.125. The Morgan fingerprint density at radius 3 is 2.59 bits per heavy atom. The van der Waals surface area contributed by atoms with Gasteiger partial charge in [-0.3, -0.25) is 14.8 Å². The van der Waals surface area contributed by atoms with Crippen molar-refractivity contribution >= 4 is 5.91 Å². The molecule has 8 nitrogen and oxygen atoms in total. The number of hydrogen-bond donors (Lipinski definition) is 2. The van der Waals surface area contributed by atoms with Gasteiger partial charge in [-0.05, 0) is 26.0 Å². The topological polar surface area (TPSA) is 120 Å². The summed E-state index contributed by atoms with van der Waals surface area (Å²) in [5, 5.41) is 6.97. The molecule has 0 saturated heterocycles. The Labute approximate surface area is 185 Å². The zero-order valence-electron chi connectivity index (χ0n) is 17.9. The number of nitrogens with zero attached hydrogens (tertiary/aromatic N) is 4. The zero-order chi connectivity index (χ0) is 22.6. The Morgan fingerprint density at radius 1 is 1.03 bits per heavy atom. The Kier molecular flexibility index (Phi) is 6.04. The van der Waals surface area contributed by atoms with E-state index in [-0.39, 0.29) is 5.91 Å². The van der Waals surface area contributed by atoms with E-state index in [9.17, 15) is 4.79 Å². The predicted molar refractivity (Wildman–Crippen MR) is 121 cm³/mol. The van der Waals surface area contributed by atoms with Crippen molar-refractivity contribution in [1.82, 2.24) is 25.4 Å². The van der Waals surface area contributed by atoms with Crippen molar-refractivity contribution in [1.29, 1.82) is 0 Å². The van der Waals surface area contributed by atoms with E-state index in [4.69, 9.17) is 15.2 Å². The number of aromatic nitrogens is 4. The van der Waals surface area contributed by atoms with Crippen LogP contribution in [0.25, 0.3) is 34.0 Å². The molecule has 0 bridgehead atoms. The van der Waals surface area contributed by atoms with Gasteiger partial charge >= 0.3 is 0 Å². The van der Waals surface area contributed by atoms with Crippen LogP contribution in [-0.4, -0.2) is 39.1 Å². The lowest BCUT2D eigenvalue weighted by Crippen LogP contribution is -2.42. The van der Waals surface area contributed by atoms with Crippen molar-refractivity contribution in [2.75, 3.05) is 13.1 Å². The summed E-state index contributed by atoms with van der Waals surface area (Å²) in [6.07, 6.45) is 4.96. The van der Waals surface area contributed by atoms with Crippen LogP contribution in [0.4, 0.5) is 0 Å². The lowest BCUT2D eigenvalue weighted by atomic mass is 9.86. The van der Waals surface area contributed by atoms with Gasteiger partial charge in [0, 0.05) is 36.5 Å². The second kappa shape index (κ2) is 9.07. The van der Waals surface area contributed by atoms with E-state index in [0.29, 0.717) is 35.9 Å². The van der Waals surface area contributed by atoms with E-state index in [1.165, 1.54) is 0 Å². The van der Waals surface area contributed by atoms with Gasteiger partial charge in [-0.2, -0.15) is 0 Å². The molecule has 3 N–H and O–H groups in total. The highest BCUT2D eigenvalue weighted by Crippen LogP contribution is 2.28. The molecule has 0 aliphatic carbocycles. The summed E-state index contributed by atoms with van der Waals surface area (Å²) in [5.41, 5.74) is 8.99. The van der Waals surface area contributed by atoms with Gasteiger partial charge in [-0.1, -0.05) is 35.5 Å². The maximum absolute atomic E-state index is 12.6. The van der Waals surface area contributed by atoms with Gasteiger partial charge in [0.25, 0.3) is 0 Å². The summed E-state index contributed by atoms with van der Waals surface area (Å²) in [4.78, 5) is 26.0. The first-order valence-corrected chi connectivity index (χ1v) is 10.3. The van der Waals surface area contributed by atoms with E-state index in [1.54, 1.807) is 18.6 Å². The molecule has 0 aliphatic heterocycles. The minimum absolute atomic E-state index is 0.137. The molecule has 0 atom stereocenters. The van der Waals surface area contributed by atoms with E-state index in [1.807, 2.05) is 62.4 Å². The summed E-state index contributed by atoms with van der Waals surface area (Å²) < 4.78 is 5.51. The summed E-state index contributed by atoms with van der Waals surface area (Å²) in [6, 6.07) is 15.3. The Bertz CT molecular complexity index is 1220. The van der Waals surface area contributed by atoms with Crippen LogP contribution in [0.2, 0.25) is 0 Å². The normalized spacial score (nSPS) is 11.3. The number of nitrogens with two attached hydrogens (primary N) is 1. The molecule has 1 aromatic carbocycles. The fourth-order valence-corrected chi connectivity index (χ4v) is 3.22. The monoisotopic (exact) mass is 428 g/mol. The second-order valence-corrected chi connectivity index (χ2v) is 7.83. The van der Waals surface area contributed by atoms with Crippen molar-refractivity contribution in [3.8, 4) is 34.0 Å². The van der Waals surface area contributed by atoms with Crippen molar-refractivity contribution in [2.45, 2.75) is 19.3 Å². The number of rotatable bonds is 7. The van der Waals surface area contributed by atoms with Crippen LogP contribution < -0.4 is 11.1 Å². The SMILES string of the molecule is CC(C)(C(=O)NCCN)c1cc(-c2cncc(-c3cc(-c4ccccc4)no3)n2)ccn1. The molecule has 0 radical (unpaired) electrons. The molecule has 162 valence electrons. The smallest absolute Gasteiger partial charge is 0.231 e. The van der Waals surface area contributed by atoms with Crippen molar-refractivity contribution in [3.05, 3.63) is 72.8 Å². The van der Waals surface area contributed by atoms with E-state index in [0.717, 1.165) is 16.8 Å². The largest absolute Gasteiger partial charge is 0.354 e. The van der Waals surface area contributed by atoms with Crippen LogP contribution in [0, 0.1) is 0 Å². The number of pyridine rings is 1. The average molecular weight is 428 g/mol. The average Bonchev–Trinajstić information content (AvgIpc) is 3.34. The molecule has 0 unspecified atom stereocenters. The minimum Gasteiger partial charge on any atom is -0.354 e. The molecule has 1 amide bonds. The van der Waals surface area contributed by atoms with Gasteiger partial charge < -0.3 is 15.6 Å². The van der Waals surface area contributed by atoms with Gasteiger partial charge in [0.05, 0.1) is 29.2 Å². The molecule has 0 fully saturated rings. The quantitative estimate of drug-likeness (QED) is 0.464. The van der Waals surface area contributed by atoms with E-state index >= 15 is 0 Å². The van der Waals surface area contributed by atoms with Crippen molar-refractivity contribution in [3.63, 3.8) is 0 Å². The molecule has 4 rings (SSSR count). The third-order valence-corrected chi connectivity index (χ3v) is 5.16. The minimum atomic E-state index is -0.828. The molecule has 32 heavy (non-hydrogen) atoms. The molecule has 4 aromatic rings. The Hall–Kier alpha value is -3.91. The van der Waals surface area contributed by atoms with Crippen LogP contribution in [0.15, 0.2) is 71.6 Å². The second-order valence-electron chi connectivity index (χ2n) is 7.83. The molecule has 0 saturated carbocycles. The highest BCUT2D eigenvalue weighted by atomic mass is 16.5. The fraction of sp³-hybridized carbons (Fsp3) is 0.208. The molecular weight excluding hydrogens is 404 g/mol. The summed E-state index contributed by atoms with van der Waals surface area (Å²) >= 11 is 0. The number of amides is 1. The van der Waals surface area contributed by atoms with Crippen LogP contribution in [0.3, 0.4) is 0 Å². The van der Waals surface area contributed by atoms with Gasteiger partial charge in [0.15, 0.2) is 5.76 Å². The summed E-state index contributed by atoms with van der Waals surface area (Å²) in [5.74, 6) is 0.386. The number of carbonyl (C=O) groups is 1. The highest BCUT2D eigenvalue weighted by Gasteiger charge is 2.31. The first kappa shape index (κ1) is 21.3. The van der Waals surface area contributed by atoms with Crippen LogP contribution >= 0.6 is 0 Å². The van der Waals surface area contributed by atoms with Crippen LogP contribution in [0.5, 0.6) is 0 Å². The maximum atomic E-state index is 12.6. The Morgan fingerprint density at radius 2 is 1.81 bits per heavy atom. The number of nitrogens with one attached hydrogen (secondary N) is 1. The number of hydrogen-bond acceptors (Lipinski definition) is 7. The van der Waals surface area contributed by atoms with Crippen LogP contribution in [-0.2, 0) is 10.2 Å². The fourth-order valence-electron chi connectivity index (χ4n) is 3.22. The van der Waals surface area contributed by atoms with Gasteiger partial charge in [0.2, 0.25) is 5.91 Å².